The summed E-state index contributed by atoms with van der Waals surface area (Å²) in [5, 5.41) is 7.03. The molecule has 0 unspecified atom stereocenters. The van der Waals surface area contributed by atoms with Crippen molar-refractivity contribution >= 4 is 92.4 Å². The topological polar surface area (TPSA) is 42.4 Å². The third-order valence-electron chi connectivity index (χ3n) is 10.1. The second-order valence-corrected chi connectivity index (χ2v) is 14.3. The molecule has 0 aliphatic rings. The molecule has 3 heterocycles. The molecule has 0 aliphatic carbocycles. The molecule has 5 heteroatoms. The number of furan rings is 1. The summed E-state index contributed by atoms with van der Waals surface area (Å²) in [5.41, 5.74) is 9.60. The van der Waals surface area contributed by atoms with Gasteiger partial charge in [0.2, 0.25) is 5.89 Å². The van der Waals surface area contributed by atoms with Crippen LogP contribution in [0.25, 0.3) is 86.6 Å². The summed E-state index contributed by atoms with van der Waals surface area (Å²) in [4.78, 5) is 7.16. The lowest BCUT2D eigenvalue weighted by Crippen LogP contribution is -2.09. The molecule has 4 nitrogen and oxygen atoms in total. The Labute approximate surface area is 302 Å². The van der Waals surface area contributed by atoms with Crippen LogP contribution in [-0.4, -0.2) is 4.98 Å². The predicted molar refractivity (Wildman–Crippen MR) is 217 cm³/mol. The Balaban J connectivity index is 1.09. The molecule has 8 aromatic carbocycles. The van der Waals surface area contributed by atoms with Crippen molar-refractivity contribution in [1.82, 2.24) is 4.98 Å². The summed E-state index contributed by atoms with van der Waals surface area (Å²) < 4.78 is 15.4. The molecule has 3 aromatic heterocycles. The van der Waals surface area contributed by atoms with Crippen molar-refractivity contribution in [3.8, 4) is 22.6 Å². The van der Waals surface area contributed by atoms with Gasteiger partial charge in [0.1, 0.15) is 16.7 Å². The molecule has 0 N–H and O–H groups in total. The summed E-state index contributed by atoms with van der Waals surface area (Å²) in [6.45, 7) is 0. The molecule has 0 amide bonds. The molecule has 11 rings (SSSR count). The quantitative estimate of drug-likeness (QED) is 0.181. The highest BCUT2D eigenvalue weighted by molar-refractivity contribution is 7.25. The number of rotatable bonds is 5. The molecule has 0 bridgehead atoms. The maximum atomic E-state index is 6.60. The van der Waals surface area contributed by atoms with E-state index in [4.69, 9.17) is 13.8 Å². The Morgan fingerprint density at radius 3 is 2.12 bits per heavy atom. The zero-order valence-corrected chi connectivity index (χ0v) is 28.6. The van der Waals surface area contributed by atoms with E-state index in [1.54, 1.807) is 0 Å². The third kappa shape index (κ3) is 4.64. The summed E-state index contributed by atoms with van der Waals surface area (Å²) in [6.07, 6.45) is 0. The van der Waals surface area contributed by atoms with E-state index >= 15 is 0 Å². The highest BCUT2D eigenvalue weighted by atomic mass is 32.1. The summed E-state index contributed by atoms with van der Waals surface area (Å²) in [5.74, 6) is 0.586. The van der Waals surface area contributed by atoms with Gasteiger partial charge in [-0.2, -0.15) is 0 Å². The third-order valence-corrected chi connectivity index (χ3v) is 11.2. The van der Waals surface area contributed by atoms with Crippen molar-refractivity contribution in [2.75, 3.05) is 4.90 Å². The lowest BCUT2D eigenvalue weighted by atomic mass is 10.0. The molecule has 0 saturated heterocycles. The highest BCUT2D eigenvalue weighted by Gasteiger charge is 2.20. The number of thiophene rings is 1. The standard InChI is InChI=1S/C47H28N2O2S/c1-2-10-30-25-32(20-19-29(30)9-1)31-11-7-12-33(26-31)49(35-21-23-37-36-13-3-6-18-44(36)52-45(37)28-35)34-22-24-38-43(27-34)50-42-17-8-14-39(46(38)42)47-48-40-15-4-5-16-41(40)51-47/h1-28H. The van der Waals surface area contributed by atoms with E-state index in [9.17, 15) is 0 Å². The zero-order chi connectivity index (χ0) is 34.2. The molecule has 0 radical (unpaired) electrons. The maximum absolute atomic E-state index is 6.60. The predicted octanol–water partition coefficient (Wildman–Crippen LogP) is 14.1. The van der Waals surface area contributed by atoms with Crippen LogP contribution in [-0.2, 0) is 0 Å². The van der Waals surface area contributed by atoms with Gasteiger partial charge in [0, 0.05) is 59.6 Å². The van der Waals surface area contributed by atoms with Gasteiger partial charge in [0.15, 0.2) is 5.58 Å². The monoisotopic (exact) mass is 684 g/mol. The summed E-state index contributed by atoms with van der Waals surface area (Å²) in [7, 11) is 0. The first kappa shape index (κ1) is 29.1. The van der Waals surface area contributed by atoms with E-state index in [2.05, 4.69) is 138 Å². The van der Waals surface area contributed by atoms with Gasteiger partial charge in [-0.05, 0) is 94.7 Å². The molecule has 52 heavy (non-hydrogen) atoms. The Kier molecular flexibility index (Phi) is 6.39. The van der Waals surface area contributed by atoms with Crippen LogP contribution in [0.5, 0.6) is 0 Å². The molecule has 0 fully saturated rings. The molecule has 0 spiro atoms. The average molecular weight is 685 g/mol. The zero-order valence-electron chi connectivity index (χ0n) is 27.8. The van der Waals surface area contributed by atoms with E-state index in [1.807, 2.05) is 47.7 Å². The number of aromatic nitrogens is 1. The first-order valence-electron chi connectivity index (χ1n) is 17.4. The van der Waals surface area contributed by atoms with Gasteiger partial charge in [0.25, 0.3) is 0 Å². The Morgan fingerprint density at radius 2 is 1.17 bits per heavy atom. The van der Waals surface area contributed by atoms with Crippen LogP contribution in [0.15, 0.2) is 179 Å². The van der Waals surface area contributed by atoms with Crippen LogP contribution in [0, 0.1) is 0 Å². The number of para-hydroxylation sites is 2. The van der Waals surface area contributed by atoms with E-state index < -0.39 is 0 Å². The fourth-order valence-electron chi connectivity index (χ4n) is 7.61. The molecular weight excluding hydrogens is 657 g/mol. The van der Waals surface area contributed by atoms with Crippen LogP contribution >= 0.6 is 11.3 Å². The minimum atomic E-state index is 0.586. The van der Waals surface area contributed by atoms with Crippen LogP contribution in [0.1, 0.15) is 0 Å². The van der Waals surface area contributed by atoms with Gasteiger partial charge in [0.05, 0.1) is 0 Å². The minimum absolute atomic E-state index is 0.586. The first-order chi connectivity index (χ1) is 25.7. The number of oxazole rings is 1. The van der Waals surface area contributed by atoms with Crippen molar-refractivity contribution in [3.63, 3.8) is 0 Å². The molecule has 11 aromatic rings. The van der Waals surface area contributed by atoms with Crippen molar-refractivity contribution < 1.29 is 8.83 Å². The Bertz CT molecular complexity index is 3130. The first-order valence-corrected chi connectivity index (χ1v) is 18.2. The average Bonchev–Trinajstić information content (AvgIpc) is 3.91. The van der Waals surface area contributed by atoms with Gasteiger partial charge < -0.3 is 13.7 Å². The lowest BCUT2D eigenvalue weighted by molar-refractivity contribution is 0.620. The van der Waals surface area contributed by atoms with E-state index in [1.165, 1.54) is 36.5 Å². The van der Waals surface area contributed by atoms with E-state index in [-0.39, 0.29) is 0 Å². The van der Waals surface area contributed by atoms with Crippen LogP contribution in [0.2, 0.25) is 0 Å². The molecule has 0 aliphatic heterocycles. The molecule has 244 valence electrons. The number of fused-ring (bicyclic) bond motifs is 8. The fourth-order valence-corrected chi connectivity index (χ4v) is 8.75. The number of benzene rings is 8. The van der Waals surface area contributed by atoms with Crippen molar-refractivity contribution in [3.05, 3.63) is 170 Å². The SMILES string of the molecule is c1cc(-c2ccc3ccccc3c2)cc(N(c2ccc3c(c2)oc2cccc(-c4nc5ccccc5o4)c23)c2ccc3c(c2)sc2ccccc23)c1. The van der Waals surface area contributed by atoms with Gasteiger partial charge >= 0.3 is 0 Å². The van der Waals surface area contributed by atoms with Gasteiger partial charge in [-0.3, -0.25) is 0 Å². The van der Waals surface area contributed by atoms with Crippen molar-refractivity contribution in [2.45, 2.75) is 0 Å². The van der Waals surface area contributed by atoms with E-state index in [0.717, 1.165) is 61.2 Å². The normalized spacial score (nSPS) is 11.8. The largest absolute Gasteiger partial charge is 0.456 e. The van der Waals surface area contributed by atoms with Crippen LogP contribution in [0.3, 0.4) is 0 Å². The van der Waals surface area contributed by atoms with Gasteiger partial charge in [-0.1, -0.05) is 91.0 Å². The Hall–Kier alpha value is -6.69. The fraction of sp³-hybridized carbons (Fsp3) is 0. The highest BCUT2D eigenvalue weighted by Crippen LogP contribution is 2.44. The molecular formula is C47H28N2O2S. The van der Waals surface area contributed by atoms with Gasteiger partial charge in [-0.25, -0.2) is 4.98 Å². The number of hydrogen-bond acceptors (Lipinski definition) is 5. The summed E-state index contributed by atoms with van der Waals surface area (Å²) >= 11 is 1.83. The van der Waals surface area contributed by atoms with Gasteiger partial charge in [-0.15, -0.1) is 11.3 Å². The maximum Gasteiger partial charge on any atom is 0.228 e. The number of nitrogens with zero attached hydrogens (tertiary/aromatic N) is 2. The second-order valence-electron chi connectivity index (χ2n) is 13.2. The smallest absolute Gasteiger partial charge is 0.228 e. The molecule has 0 atom stereocenters. The van der Waals surface area contributed by atoms with E-state index in [0.29, 0.717) is 5.89 Å². The minimum Gasteiger partial charge on any atom is -0.456 e. The van der Waals surface area contributed by atoms with Crippen molar-refractivity contribution in [1.29, 1.82) is 0 Å². The summed E-state index contributed by atoms with van der Waals surface area (Å²) in [6, 6.07) is 59.9. The Morgan fingerprint density at radius 1 is 0.442 bits per heavy atom. The lowest BCUT2D eigenvalue weighted by Gasteiger charge is -2.26. The van der Waals surface area contributed by atoms with Crippen LogP contribution < -0.4 is 4.90 Å². The number of anilines is 3. The van der Waals surface area contributed by atoms with Crippen LogP contribution in [0.4, 0.5) is 17.1 Å². The van der Waals surface area contributed by atoms with Crippen molar-refractivity contribution in [2.24, 2.45) is 0 Å². The second kappa shape index (κ2) is 11.4. The number of hydrogen-bond donors (Lipinski definition) is 0. The molecule has 0 saturated carbocycles.